The van der Waals surface area contributed by atoms with Crippen LogP contribution in [-0.2, 0) is 23.8 Å². The second kappa shape index (κ2) is 7.07. The van der Waals surface area contributed by atoms with Crippen molar-refractivity contribution >= 4 is 23.9 Å². The number of esters is 2. The molecular formula is C18H21N3O6. The number of cyclic esters (lactones) is 1. The van der Waals surface area contributed by atoms with Gasteiger partial charge in [0.05, 0.1) is 18.1 Å². The summed E-state index contributed by atoms with van der Waals surface area (Å²) in [6.45, 7) is 7.14. The summed E-state index contributed by atoms with van der Waals surface area (Å²) in [4.78, 5) is 44.3. The van der Waals surface area contributed by atoms with Crippen molar-refractivity contribution in [3.63, 3.8) is 0 Å². The van der Waals surface area contributed by atoms with E-state index in [2.05, 4.69) is 15.3 Å². The molecule has 1 amide bonds. The standard InChI is InChI=1S/C18H21N3O6/c1-9(2)18(4)16(24)20-17(21-18)27-14(23)11-6-12(8-19-7-11)15-25-10(3)5-13(22)26-15/h6-10,15H,5H2,1-4H3,(H,20,21,24). The number of amidine groups is 1. The molecule has 1 aromatic rings. The largest absolute Gasteiger partial charge is 0.431 e. The van der Waals surface area contributed by atoms with Crippen LogP contribution in [-0.4, -0.2) is 40.5 Å². The highest BCUT2D eigenvalue weighted by molar-refractivity contribution is 6.09. The van der Waals surface area contributed by atoms with Crippen molar-refractivity contribution in [2.24, 2.45) is 10.9 Å². The van der Waals surface area contributed by atoms with Crippen LogP contribution in [0.1, 0.15) is 56.3 Å². The number of carbonyl (C=O) groups is 3. The van der Waals surface area contributed by atoms with Crippen LogP contribution in [0, 0.1) is 5.92 Å². The van der Waals surface area contributed by atoms with E-state index in [1.165, 1.54) is 18.5 Å². The molecule has 1 aromatic heterocycles. The van der Waals surface area contributed by atoms with Crippen LogP contribution in [0.2, 0.25) is 0 Å². The molecule has 0 bridgehead atoms. The van der Waals surface area contributed by atoms with Crippen LogP contribution in [0.5, 0.6) is 0 Å². The van der Waals surface area contributed by atoms with E-state index in [1.807, 2.05) is 13.8 Å². The third-order valence-electron chi connectivity index (χ3n) is 4.64. The molecular weight excluding hydrogens is 354 g/mol. The zero-order chi connectivity index (χ0) is 19.8. The molecule has 1 saturated heterocycles. The van der Waals surface area contributed by atoms with Gasteiger partial charge in [0.15, 0.2) is 0 Å². The third kappa shape index (κ3) is 3.82. The zero-order valence-electron chi connectivity index (χ0n) is 15.5. The Morgan fingerprint density at radius 2 is 2.11 bits per heavy atom. The Kier molecular flexibility index (Phi) is 4.97. The smallest absolute Gasteiger partial charge is 0.347 e. The predicted octanol–water partition coefficient (Wildman–Crippen LogP) is 1.49. The molecule has 9 heteroatoms. The fourth-order valence-electron chi connectivity index (χ4n) is 2.63. The van der Waals surface area contributed by atoms with Gasteiger partial charge in [-0.05, 0) is 25.8 Å². The van der Waals surface area contributed by atoms with Crippen molar-refractivity contribution in [2.45, 2.75) is 52.0 Å². The molecule has 0 aliphatic carbocycles. The zero-order valence-corrected chi connectivity index (χ0v) is 15.5. The number of rotatable bonds is 3. The number of pyridine rings is 1. The quantitative estimate of drug-likeness (QED) is 0.796. The van der Waals surface area contributed by atoms with Gasteiger partial charge >= 0.3 is 18.0 Å². The molecule has 1 N–H and O–H groups in total. The molecule has 0 aromatic carbocycles. The summed E-state index contributed by atoms with van der Waals surface area (Å²) >= 11 is 0. The van der Waals surface area contributed by atoms with Crippen molar-refractivity contribution in [1.29, 1.82) is 0 Å². The summed E-state index contributed by atoms with van der Waals surface area (Å²) in [5.74, 6) is -1.53. The molecule has 3 rings (SSSR count). The molecule has 0 saturated carbocycles. The van der Waals surface area contributed by atoms with Gasteiger partial charge in [0.2, 0.25) is 6.29 Å². The van der Waals surface area contributed by atoms with E-state index in [0.29, 0.717) is 5.56 Å². The summed E-state index contributed by atoms with van der Waals surface area (Å²) in [6, 6.07) is 1.31. The number of hydrogen-bond donors (Lipinski definition) is 1. The fourth-order valence-corrected chi connectivity index (χ4v) is 2.63. The van der Waals surface area contributed by atoms with Crippen molar-refractivity contribution in [3.8, 4) is 0 Å². The van der Waals surface area contributed by atoms with Crippen LogP contribution in [0.4, 0.5) is 0 Å². The first-order valence-electron chi connectivity index (χ1n) is 8.62. The number of nitrogens with one attached hydrogen (secondary N) is 1. The molecule has 0 radical (unpaired) electrons. The molecule has 3 heterocycles. The SMILES string of the molecule is CC1CC(=O)OC(c2cncc(C(=O)OC3=NC(C)(C(C)C)C(=O)N3)c2)O1. The number of amides is 1. The monoisotopic (exact) mass is 375 g/mol. The molecule has 1 fully saturated rings. The van der Waals surface area contributed by atoms with Gasteiger partial charge in [-0.15, -0.1) is 0 Å². The maximum atomic E-state index is 12.4. The topological polar surface area (TPSA) is 116 Å². The van der Waals surface area contributed by atoms with Crippen LogP contribution < -0.4 is 5.32 Å². The second-order valence-electron chi connectivity index (χ2n) is 7.04. The normalized spacial score (nSPS) is 27.8. The van der Waals surface area contributed by atoms with Crippen LogP contribution in [0.15, 0.2) is 23.5 Å². The highest BCUT2D eigenvalue weighted by atomic mass is 16.7. The minimum absolute atomic E-state index is 0.0705. The van der Waals surface area contributed by atoms with Gasteiger partial charge in [-0.3, -0.25) is 19.9 Å². The molecule has 0 spiro atoms. The lowest BCUT2D eigenvalue weighted by atomic mass is 9.89. The molecule has 3 atom stereocenters. The lowest BCUT2D eigenvalue weighted by Gasteiger charge is -2.27. The van der Waals surface area contributed by atoms with Gasteiger partial charge in [-0.1, -0.05) is 13.8 Å². The van der Waals surface area contributed by atoms with E-state index in [-0.39, 0.29) is 41.9 Å². The van der Waals surface area contributed by atoms with Crippen molar-refractivity contribution < 1.29 is 28.6 Å². The summed E-state index contributed by atoms with van der Waals surface area (Å²) in [5, 5.41) is 2.47. The Morgan fingerprint density at radius 3 is 2.74 bits per heavy atom. The van der Waals surface area contributed by atoms with Crippen molar-refractivity contribution in [3.05, 3.63) is 29.6 Å². The molecule has 144 valence electrons. The fraction of sp³-hybridized carbons (Fsp3) is 0.500. The summed E-state index contributed by atoms with van der Waals surface area (Å²) in [7, 11) is 0. The van der Waals surface area contributed by atoms with Gasteiger partial charge in [-0.25, -0.2) is 9.79 Å². The lowest BCUT2D eigenvalue weighted by Crippen LogP contribution is -2.41. The second-order valence-corrected chi connectivity index (χ2v) is 7.04. The first-order chi connectivity index (χ1) is 12.7. The number of hydrogen-bond acceptors (Lipinski definition) is 8. The number of ether oxygens (including phenoxy) is 3. The van der Waals surface area contributed by atoms with Crippen molar-refractivity contribution in [1.82, 2.24) is 10.3 Å². The molecule has 2 aliphatic heterocycles. The Hall–Kier alpha value is -2.81. The Balaban J connectivity index is 1.75. The van der Waals surface area contributed by atoms with E-state index in [4.69, 9.17) is 14.2 Å². The molecule has 27 heavy (non-hydrogen) atoms. The Labute approximate surface area is 156 Å². The van der Waals surface area contributed by atoms with E-state index >= 15 is 0 Å². The predicted molar refractivity (Wildman–Crippen MR) is 92.5 cm³/mol. The minimum atomic E-state index is -0.990. The van der Waals surface area contributed by atoms with Gasteiger partial charge in [0.25, 0.3) is 5.91 Å². The highest BCUT2D eigenvalue weighted by Gasteiger charge is 2.43. The maximum absolute atomic E-state index is 12.4. The summed E-state index contributed by atoms with van der Waals surface area (Å²) in [6.07, 6.45) is 1.67. The highest BCUT2D eigenvalue weighted by Crippen LogP contribution is 2.28. The number of carbonyl (C=O) groups excluding carboxylic acids is 3. The average molecular weight is 375 g/mol. The lowest BCUT2D eigenvalue weighted by molar-refractivity contribution is -0.215. The minimum Gasteiger partial charge on any atom is -0.431 e. The average Bonchev–Trinajstić information content (AvgIpc) is 2.89. The Bertz CT molecular complexity index is 821. The molecule has 9 nitrogen and oxygen atoms in total. The van der Waals surface area contributed by atoms with Gasteiger partial charge < -0.3 is 14.2 Å². The third-order valence-corrected chi connectivity index (χ3v) is 4.64. The summed E-state index contributed by atoms with van der Waals surface area (Å²) < 4.78 is 15.9. The Morgan fingerprint density at radius 1 is 1.37 bits per heavy atom. The van der Waals surface area contributed by atoms with E-state index in [9.17, 15) is 14.4 Å². The number of aromatic nitrogens is 1. The van der Waals surface area contributed by atoms with Gasteiger partial charge in [0, 0.05) is 18.0 Å². The van der Waals surface area contributed by atoms with Gasteiger partial charge in [0.1, 0.15) is 5.54 Å². The maximum Gasteiger partial charge on any atom is 0.347 e. The van der Waals surface area contributed by atoms with Crippen LogP contribution in [0.25, 0.3) is 0 Å². The van der Waals surface area contributed by atoms with Crippen LogP contribution >= 0.6 is 0 Å². The van der Waals surface area contributed by atoms with Gasteiger partial charge in [-0.2, -0.15) is 0 Å². The van der Waals surface area contributed by atoms with E-state index in [0.717, 1.165) is 0 Å². The van der Waals surface area contributed by atoms with Crippen LogP contribution in [0.3, 0.4) is 0 Å². The number of nitrogens with zero attached hydrogens (tertiary/aromatic N) is 2. The first kappa shape index (κ1) is 19.0. The van der Waals surface area contributed by atoms with Crippen molar-refractivity contribution in [2.75, 3.05) is 0 Å². The number of aliphatic imine (C=N–C) groups is 1. The molecule has 2 aliphatic rings. The van der Waals surface area contributed by atoms with E-state index in [1.54, 1.807) is 13.8 Å². The summed E-state index contributed by atoms with van der Waals surface area (Å²) in [5.41, 5.74) is -0.468. The van der Waals surface area contributed by atoms with E-state index < -0.39 is 17.8 Å². The first-order valence-corrected chi connectivity index (χ1v) is 8.62. The molecule has 3 unspecified atom stereocenters.